The van der Waals surface area contributed by atoms with Gasteiger partial charge in [0.2, 0.25) is 0 Å². The van der Waals surface area contributed by atoms with E-state index in [-0.39, 0.29) is 0 Å². The number of benzene rings is 4. The van der Waals surface area contributed by atoms with Gasteiger partial charge in [0.05, 0.1) is 0 Å². The van der Waals surface area contributed by atoms with Gasteiger partial charge >= 0.3 is 0 Å². The molecule has 174 valence electrons. The molecule has 1 atom stereocenters. The molecule has 0 amide bonds. The second-order valence-corrected chi connectivity index (χ2v) is 9.23. The van der Waals surface area contributed by atoms with E-state index in [9.17, 15) is 0 Å². The molecule has 0 aliphatic heterocycles. The first-order chi connectivity index (χ1) is 16.6. The monoisotopic (exact) mass is 450 g/mol. The van der Waals surface area contributed by atoms with E-state index in [4.69, 9.17) is 9.47 Å². The van der Waals surface area contributed by atoms with Crippen molar-refractivity contribution in [3.05, 3.63) is 131 Å². The zero-order valence-corrected chi connectivity index (χ0v) is 20.4. The molecule has 0 radical (unpaired) electrons. The molecule has 0 aromatic heterocycles. The quantitative estimate of drug-likeness (QED) is 0.242. The Hall–Kier alpha value is -3.52. The van der Waals surface area contributed by atoms with Gasteiger partial charge < -0.3 is 9.47 Å². The summed E-state index contributed by atoms with van der Waals surface area (Å²) in [6, 6.07) is 35.8. The Kier molecular flexibility index (Phi) is 8.04. The first-order valence-electron chi connectivity index (χ1n) is 12.1. The van der Waals surface area contributed by atoms with E-state index in [2.05, 4.69) is 87.5 Å². The van der Waals surface area contributed by atoms with Crippen molar-refractivity contribution < 1.29 is 9.47 Å². The summed E-state index contributed by atoms with van der Waals surface area (Å²) < 4.78 is 12.0. The third-order valence-corrected chi connectivity index (χ3v) is 6.26. The lowest BCUT2D eigenvalue weighted by Gasteiger charge is -2.17. The SMILES string of the molecule is CC(C)c1cccc(OCc2ccccc2CC(C)c2ccc(COc3ccccc3)cc2)c1. The van der Waals surface area contributed by atoms with Gasteiger partial charge in [-0.3, -0.25) is 0 Å². The summed E-state index contributed by atoms with van der Waals surface area (Å²) >= 11 is 0. The lowest BCUT2D eigenvalue weighted by Crippen LogP contribution is -2.05. The van der Waals surface area contributed by atoms with Gasteiger partial charge in [-0.1, -0.05) is 99.6 Å². The first kappa shape index (κ1) is 23.6. The number of rotatable bonds is 10. The topological polar surface area (TPSA) is 18.5 Å². The molecule has 0 saturated heterocycles. The fourth-order valence-corrected chi connectivity index (χ4v) is 4.10. The predicted molar refractivity (Wildman–Crippen MR) is 141 cm³/mol. The van der Waals surface area contributed by atoms with Crippen LogP contribution in [0.25, 0.3) is 0 Å². The summed E-state index contributed by atoms with van der Waals surface area (Å²) in [6.45, 7) is 7.87. The van der Waals surface area contributed by atoms with Crippen molar-refractivity contribution in [1.29, 1.82) is 0 Å². The molecule has 0 aliphatic rings. The Morgan fingerprint density at radius 1 is 0.559 bits per heavy atom. The molecule has 4 rings (SSSR count). The molecule has 0 saturated carbocycles. The molecule has 4 aromatic carbocycles. The Morgan fingerprint density at radius 3 is 1.94 bits per heavy atom. The van der Waals surface area contributed by atoms with Crippen molar-refractivity contribution >= 4 is 0 Å². The second-order valence-electron chi connectivity index (χ2n) is 9.23. The molecule has 2 nitrogen and oxygen atoms in total. The van der Waals surface area contributed by atoms with Crippen LogP contribution in [-0.4, -0.2) is 0 Å². The number of para-hydroxylation sites is 1. The summed E-state index contributed by atoms with van der Waals surface area (Å²) in [5.41, 5.74) is 6.40. The van der Waals surface area contributed by atoms with Gasteiger partial charge in [0.1, 0.15) is 24.7 Å². The van der Waals surface area contributed by atoms with Crippen molar-refractivity contribution in [2.45, 2.75) is 52.2 Å². The van der Waals surface area contributed by atoms with Crippen LogP contribution in [0.2, 0.25) is 0 Å². The highest BCUT2D eigenvalue weighted by molar-refractivity contribution is 5.34. The molecule has 0 aliphatic carbocycles. The van der Waals surface area contributed by atoms with Gasteiger partial charge in [0, 0.05) is 0 Å². The van der Waals surface area contributed by atoms with Crippen LogP contribution in [0.1, 0.15) is 60.4 Å². The number of hydrogen-bond donors (Lipinski definition) is 0. The summed E-state index contributed by atoms with van der Waals surface area (Å²) in [6.07, 6.45) is 0.978. The van der Waals surface area contributed by atoms with Crippen LogP contribution in [0.4, 0.5) is 0 Å². The third-order valence-electron chi connectivity index (χ3n) is 6.26. The molecule has 1 unspecified atom stereocenters. The maximum atomic E-state index is 6.18. The maximum absolute atomic E-state index is 6.18. The zero-order chi connectivity index (χ0) is 23.8. The molecule has 0 bridgehead atoms. The van der Waals surface area contributed by atoms with Crippen molar-refractivity contribution in [1.82, 2.24) is 0 Å². The Bertz CT molecular complexity index is 1160. The van der Waals surface area contributed by atoms with Crippen molar-refractivity contribution in [3.8, 4) is 11.5 Å². The largest absolute Gasteiger partial charge is 0.489 e. The van der Waals surface area contributed by atoms with Crippen molar-refractivity contribution in [2.75, 3.05) is 0 Å². The molecule has 2 heteroatoms. The zero-order valence-electron chi connectivity index (χ0n) is 20.4. The first-order valence-corrected chi connectivity index (χ1v) is 12.1. The smallest absolute Gasteiger partial charge is 0.120 e. The van der Waals surface area contributed by atoms with E-state index in [0.717, 1.165) is 17.9 Å². The third kappa shape index (κ3) is 6.51. The minimum atomic E-state index is 0.412. The molecule has 0 heterocycles. The van der Waals surface area contributed by atoms with E-state index in [1.54, 1.807) is 0 Å². The normalized spacial score (nSPS) is 11.9. The molecular weight excluding hydrogens is 416 g/mol. The highest BCUT2D eigenvalue weighted by Crippen LogP contribution is 2.25. The van der Waals surface area contributed by atoms with Crippen LogP contribution in [0, 0.1) is 0 Å². The maximum Gasteiger partial charge on any atom is 0.120 e. The summed E-state index contributed by atoms with van der Waals surface area (Å²) in [4.78, 5) is 0. The minimum absolute atomic E-state index is 0.412. The molecule has 4 aromatic rings. The molecule has 0 spiro atoms. The number of ether oxygens (including phenoxy) is 2. The van der Waals surface area contributed by atoms with Crippen LogP contribution < -0.4 is 9.47 Å². The Morgan fingerprint density at radius 2 is 1.21 bits per heavy atom. The number of hydrogen-bond acceptors (Lipinski definition) is 2. The van der Waals surface area contributed by atoms with Gasteiger partial charge in [-0.15, -0.1) is 0 Å². The average Bonchev–Trinajstić information content (AvgIpc) is 2.88. The standard InChI is InChI=1S/C32H34O2/c1-24(2)28-12-9-15-32(21-28)34-23-30-11-8-7-10-29(30)20-25(3)27-18-16-26(17-19-27)22-33-31-13-5-4-6-14-31/h4-19,21,24-25H,20,22-23H2,1-3H3. The van der Waals surface area contributed by atoms with Crippen LogP contribution in [0.15, 0.2) is 103 Å². The van der Waals surface area contributed by atoms with E-state index >= 15 is 0 Å². The van der Waals surface area contributed by atoms with E-state index in [1.807, 2.05) is 36.4 Å². The summed E-state index contributed by atoms with van der Waals surface area (Å²) in [5, 5.41) is 0. The lowest BCUT2D eigenvalue weighted by molar-refractivity contribution is 0.304. The minimum Gasteiger partial charge on any atom is -0.489 e. The Balaban J connectivity index is 1.36. The van der Waals surface area contributed by atoms with E-state index in [0.29, 0.717) is 25.0 Å². The van der Waals surface area contributed by atoms with Crippen molar-refractivity contribution in [2.24, 2.45) is 0 Å². The van der Waals surface area contributed by atoms with Crippen LogP contribution in [0.3, 0.4) is 0 Å². The predicted octanol–water partition coefficient (Wildman–Crippen LogP) is 8.31. The molecule has 34 heavy (non-hydrogen) atoms. The van der Waals surface area contributed by atoms with Gasteiger partial charge in [-0.05, 0) is 70.3 Å². The van der Waals surface area contributed by atoms with Crippen LogP contribution in [0.5, 0.6) is 11.5 Å². The Labute approximate surface area is 204 Å². The van der Waals surface area contributed by atoms with E-state index < -0.39 is 0 Å². The van der Waals surface area contributed by atoms with Gasteiger partial charge in [-0.2, -0.15) is 0 Å². The average molecular weight is 451 g/mol. The fraction of sp³-hybridized carbons (Fsp3) is 0.250. The van der Waals surface area contributed by atoms with Crippen LogP contribution >= 0.6 is 0 Å². The fourth-order valence-electron chi connectivity index (χ4n) is 4.10. The lowest BCUT2D eigenvalue weighted by atomic mass is 9.91. The van der Waals surface area contributed by atoms with E-state index in [1.165, 1.54) is 27.8 Å². The van der Waals surface area contributed by atoms with Crippen LogP contribution in [-0.2, 0) is 19.6 Å². The molecule has 0 fully saturated rings. The highest BCUT2D eigenvalue weighted by atomic mass is 16.5. The van der Waals surface area contributed by atoms with Gasteiger partial charge in [-0.25, -0.2) is 0 Å². The highest BCUT2D eigenvalue weighted by Gasteiger charge is 2.11. The molecular formula is C32H34O2. The van der Waals surface area contributed by atoms with Gasteiger partial charge in [0.15, 0.2) is 0 Å². The second kappa shape index (κ2) is 11.6. The summed E-state index contributed by atoms with van der Waals surface area (Å²) in [7, 11) is 0. The van der Waals surface area contributed by atoms with Gasteiger partial charge in [0.25, 0.3) is 0 Å². The molecule has 0 N–H and O–H groups in total. The summed E-state index contributed by atoms with van der Waals surface area (Å²) in [5.74, 6) is 2.74. The van der Waals surface area contributed by atoms with Crippen molar-refractivity contribution in [3.63, 3.8) is 0 Å².